The maximum atomic E-state index is 11.5. The van der Waals surface area contributed by atoms with Gasteiger partial charge in [0.15, 0.2) is 11.4 Å². The molecule has 2 aromatic rings. The molecule has 1 atom stereocenters. The highest BCUT2D eigenvalue weighted by Crippen LogP contribution is 2.40. The Morgan fingerprint density at radius 3 is 2.84 bits per heavy atom. The zero-order valence-corrected chi connectivity index (χ0v) is 10.3. The van der Waals surface area contributed by atoms with E-state index in [1.165, 1.54) is 11.0 Å². The van der Waals surface area contributed by atoms with E-state index in [2.05, 4.69) is 25.6 Å². The first-order valence-corrected chi connectivity index (χ1v) is 6.01. The summed E-state index contributed by atoms with van der Waals surface area (Å²) in [4.78, 5) is 15.4. The molecule has 0 aromatic carbocycles. The van der Waals surface area contributed by atoms with Gasteiger partial charge in [0, 0.05) is 0 Å². The van der Waals surface area contributed by atoms with E-state index < -0.39 is 11.5 Å². The first-order valence-electron chi connectivity index (χ1n) is 6.01. The zero-order chi connectivity index (χ0) is 13.5. The molecule has 0 amide bonds. The molecule has 9 heteroatoms. The lowest BCUT2D eigenvalue weighted by atomic mass is 9.76. The lowest BCUT2D eigenvalue weighted by Gasteiger charge is -2.38. The number of carbonyl (C=O) groups is 1. The Hall–Kier alpha value is -2.32. The van der Waals surface area contributed by atoms with Crippen LogP contribution in [0.15, 0.2) is 12.7 Å². The van der Waals surface area contributed by atoms with Crippen molar-refractivity contribution < 1.29 is 9.90 Å². The van der Waals surface area contributed by atoms with E-state index in [1.54, 1.807) is 11.0 Å². The molecule has 0 saturated heterocycles. The number of aromatic nitrogens is 7. The summed E-state index contributed by atoms with van der Waals surface area (Å²) in [6.07, 6.45) is 4.93. The molecule has 1 N–H and O–H groups in total. The van der Waals surface area contributed by atoms with Crippen LogP contribution in [0.3, 0.4) is 0 Å². The second-order valence-corrected chi connectivity index (χ2v) is 4.69. The van der Waals surface area contributed by atoms with E-state index >= 15 is 0 Å². The highest BCUT2D eigenvalue weighted by molar-refractivity contribution is 5.77. The molecule has 1 aliphatic rings. The monoisotopic (exact) mass is 263 g/mol. The summed E-state index contributed by atoms with van der Waals surface area (Å²) in [7, 11) is 0. The van der Waals surface area contributed by atoms with Gasteiger partial charge in [-0.3, -0.25) is 0 Å². The van der Waals surface area contributed by atoms with E-state index in [4.69, 9.17) is 0 Å². The average Bonchev–Trinajstić information content (AvgIpc) is 2.97. The van der Waals surface area contributed by atoms with Crippen LogP contribution in [0.2, 0.25) is 0 Å². The molecule has 1 unspecified atom stereocenters. The van der Waals surface area contributed by atoms with Gasteiger partial charge in [-0.15, -0.1) is 5.10 Å². The first kappa shape index (κ1) is 11.8. The summed E-state index contributed by atoms with van der Waals surface area (Å²) in [6.45, 7) is 1.85. The largest absolute Gasteiger partial charge is 0.479 e. The fraction of sp³-hybridized carbons (Fsp3) is 0.600. The van der Waals surface area contributed by atoms with Gasteiger partial charge in [-0.1, -0.05) is 0 Å². The van der Waals surface area contributed by atoms with Crippen LogP contribution in [0.4, 0.5) is 0 Å². The van der Waals surface area contributed by atoms with Gasteiger partial charge < -0.3 is 5.11 Å². The number of hydrogen-bond donors (Lipinski definition) is 1. The van der Waals surface area contributed by atoms with Crippen molar-refractivity contribution in [1.82, 2.24) is 35.0 Å². The topological polar surface area (TPSA) is 112 Å². The molecule has 2 heterocycles. The number of aliphatic carboxylic acids is 1. The fourth-order valence-corrected chi connectivity index (χ4v) is 2.32. The Bertz CT molecular complexity index is 587. The van der Waals surface area contributed by atoms with Crippen LogP contribution in [0.1, 0.15) is 38.1 Å². The predicted molar refractivity (Wildman–Crippen MR) is 61.1 cm³/mol. The molecule has 9 nitrogen and oxygen atoms in total. The Kier molecular flexibility index (Phi) is 2.54. The van der Waals surface area contributed by atoms with Gasteiger partial charge in [-0.2, -0.15) is 5.10 Å². The normalized spacial score (nSPS) is 18.8. The molecule has 0 radical (unpaired) electrons. The molecule has 2 aromatic heterocycles. The van der Waals surface area contributed by atoms with E-state index in [0.29, 0.717) is 18.7 Å². The maximum Gasteiger partial charge on any atom is 0.331 e. The second-order valence-electron chi connectivity index (χ2n) is 4.69. The minimum absolute atomic E-state index is 0.269. The third kappa shape index (κ3) is 1.61. The highest BCUT2D eigenvalue weighted by Gasteiger charge is 2.49. The van der Waals surface area contributed by atoms with Crippen molar-refractivity contribution in [2.75, 3.05) is 0 Å². The van der Waals surface area contributed by atoms with E-state index in [1.807, 2.05) is 6.92 Å². The molecule has 1 saturated carbocycles. The van der Waals surface area contributed by atoms with Gasteiger partial charge in [0.1, 0.15) is 18.7 Å². The summed E-state index contributed by atoms with van der Waals surface area (Å²) in [5.41, 5.74) is -1.01. The zero-order valence-electron chi connectivity index (χ0n) is 10.3. The molecule has 0 spiro atoms. The van der Waals surface area contributed by atoms with Gasteiger partial charge in [-0.05, 0) is 36.6 Å². The van der Waals surface area contributed by atoms with Gasteiger partial charge in [0.25, 0.3) is 0 Å². The van der Waals surface area contributed by atoms with Crippen LogP contribution in [0, 0.1) is 0 Å². The van der Waals surface area contributed by atoms with Crippen molar-refractivity contribution >= 4 is 5.97 Å². The Balaban J connectivity index is 2.01. The van der Waals surface area contributed by atoms with Gasteiger partial charge in [0.05, 0.1) is 0 Å². The highest BCUT2D eigenvalue weighted by atomic mass is 16.4. The standard InChI is InChI=1S/C10H13N7O2/c1-7(16-6-11-5-12-16)8-13-14-15-17(8)10(9(18)19)3-2-4-10/h5-7H,2-4H2,1H3,(H,18,19). The van der Waals surface area contributed by atoms with Gasteiger partial charge >= 0.3 is 5.97 Å². The number of hydrogen-bond acceptors (Lipinski definition) is 6. The van der Waals surface area contributed by atoms with Gasteiger partial charge in [-0.25, -0.2) is 19.1 Å². The molecule has 100 valence electrons. The van der Waals surface area contributed by atoms with Crippen LogP contribution < -0.4 is 0 Å². The first-order chi connectivity index (χ1) is 9.15. The molecular weight excluding hydrogens is 250 g/mol. The van der Waals surface area contributed by atoms with E-state index in [0.717, 1.165) is 6.42 Å². The molecule has 3 rings (SSSR count). The van der Waals surface area contributed by atoms with E-state index in [9.17, 15) is 9.90 Å². The van der Waals surface area contributed by atoms with Crippen molar-refractivity contribution in [1.29, 1.82) is 0 Å². The van der Waals surface area contributed by atoms with Crippen LogP contribution in [-0.4, -0.2) is 46.0 Å². The molecule has 1 aliphatic carbocycles. The van der Waals surface area contributed by atoms with Crippen LogP contribution in [0.5, 0.6) is 0 Å². The number of nitrogens with zero attached hydrogens (tertiary/aromatic N) is 7. The second kappa shape index (κ2) is 4.11. The number of carboxylic acid groups (broad SMARTS) is 1. The average molecular weight is 263 g/mol. The van der Waals surface area contributed by atoms with Crippen molar-refractivity contribution in [3.05, 3.63) is 18.5 Å². The summed E-state index contributed by atoms with van der Waals surface area (Å²) >= 11 is 0. The van der Waals surface area contributed by atoms with Crippen molar-refractivity contribution in [2.45, 2.75) is 37.8 Å². The Morgan fingerprint density at radius 2 is 2.32 bits per heavy atom. The Labute approximate surface area is 108 Å². The molecule has 19 heavy (non-hydrogen) atoms. The molecule has 1 fully saturated rings. The summed E-state index contributed by atoms with van der Waals surface area (Å²) in [6, 6.07) is -0.269. The third-order valence-electron chi connectivity index (χ3n) is 3.68. The molecule has 0 bridgehead atoms. The number of carboxylic acids is 1. The minimum Gasteiger partial charge on any atom is -0.479 e. The third-order valence-corrected chi connectivity index (χ3v) is 3.68. The van der Waals surface area contributed by atoms with Crippen molar-refractivity contribution in [3.8, 4) is 0 Å². The molecular formula is C10H13N7O2. The van der Waals surface area contributed by atoms with Crippen LogP contribution >= 0.6 is 0 Å². The lowest BCUT2D eigenvalue weighted by molar-refractivity contribution is -0.153. The maximum absolute atomic E-state index is 11.5. The fourth-order valence-electron chi connectivity index (χ4n) is 2.32. The summed E-state index contributed by atoms with van der Waals surface area (Å²) in [5, 5.41) is 24.9. The smallest absolute Gasteiger partial charge is 0.331 e. The van der Waals surface area contributed by atoms with Crippen molar-refractivity contribution in [2.24, 2.45) is 0 Å². The van der Waals surface area contributed by atoms with E-state index in [-0.39, 0.29) is 6.04 Å². The summed E-state index contributed by atoms with van der Waals surface area (Å²) in [5.74, 6) is -0.411. The van der Waals surface area contributed by atoms with Crippen molar-refractivity contribution in [3.63, 3.8) is 0 Å². The Morgan fingerprint density at radius 1 is 1.53 bits per heavy atom. The lowest BCUT2D eigenvalue weighted by Crippen LogP contribution is -2.49. The predicted octanol–water partition coefficient (Wildman–Crippen LogP) is -0.162. The number of tetrazole rings is 1. The minimum atomic E-state index is -1.01. The van der Waals surface area contributed by atoms with Gasteiger partial charge in [0.2, 0.25) is 0 Å². The van der Waals surface area contributed by atoms with Crippen LogP contribution in [0.25, 0.3) is 0 Å². The SMILES string of the molecule is CC(c1nnnn1C1(C(=O)O)CCC1)n1cncn1. The quantitative estimate of drug-likeness (QED) is 0.815. The summed E-state index contributed by atoms with van der Waals surface area (Å²) < 4.78 is 3.02. The molecule has 0 aliphatic heterocycles. The number of rotatable bonds is 4. The van der Waals surface area contributed by atoms with Crippen LogP contribution in [-0.2, 0) is 10.3 Å².